The second kappa shape index (κ2) is 4.74. The summed E-state index contributed by atoms with van der Waals surface area (Å²) < 4.78 is 18.1. The second-order valence-electron chi connectivity index (χ2n) is 3.59. The van der Waals surface area contributed by atoms with Gasteiger partial charge in [0.1, 0.15) is 11.6 Å². The average molecular weight is 232 g/mol. The molecule has 0 saturated carbocycles. The Balaban J connectivity index is 2.22. The molecule has 3 N–H and O–H groups in total. The van der Waals surface area contributed by atoms with Gasteiger partial charge in [0.25, 0.3) is 0 Å². The van der Waals surface area contributed by atoms with Crippen LogP contribution in [0.1, 0.15) is 0 Å². The molecule has 0 aromatic heterocycles. The monoisotopic (exact) mass is 232 g/mol. The molecule has 4 heteroatoms. The number of nitrogen functional groups attached to an aromatic ring is 1. The Bertz CT molecular complexity index is 511. The Morgan fingerprint density at radius 2 is 1.82 bits per heavy atom. The molecule has 0 fully saturated rings. The van der Waals surface area contributed by atoms with E-state index in [1.165, 1.54) is 18.2 Å². The topological polar surface area (TPSA) is 47.3 Å². The van der Waals surface area contributed by atoms with Gasteiger partial charge in [-0.3, -0.25) is 0 Å². The first-order valence-electron chi connectivity index (χ1n) is 5.15. The summed E-state index contributed by atoms with van der Waals surface area (Å²) in [4.78, 5) is 0. The van der Waals surface area contributed by atoms with E-state index in [9.17, 15) is 4.39 Å². The highest BCUT2D eigenvalue weighted by atomic mass is 19.1. The smallest absolute Gasteiger partial charge is 0.125 e. The predicted molar refractivity (Wildman–Crippen MR) is 67.1 cm³/mol. The minimum absolute atomic E-state index is 0.324. The number of rotatable bonds is 3. The largest absolute Gasteiger partial charge is 0.497 e. The number of nitrogens with two attached hydrogens (primary N) is 1. The summed E-state index contributed by atoms with van der Waals surface area (Å²) in [5, 5.41) is 3.04. The number of hydrogen-bond acceptors (Lipinski definition) is 3. The highest BCUT2D eigenvalue weighted by molar-refractivity contribution is 5.72. The van der Waals surface area contributed by atoms with E-state index in [1.807, 2.05) is 24.3 Å². The molecular weight excluding hydrogens is 219 g/mol. The lowest BCUT2D eigenvalue weighted by Crippen LogP contribution is -1.96. The van der Waals surface area contributed by atoms with Crippen LogP contribution in [0.25, 0.3) is 0 Å². The third kappa shape index (κ3) is 2.66. The zero-order chi connectivity index (χ0) is 12.3. The minimum atomic E-state index is -0.324. The summed E-state index contributed by atoms with van der Waals surface area (Å²) >= 11 is 0. The van der Waals surface area contributed by atoms with Crippen LogP contribution in [0.4, 0.5) is 21.5 Å². The van der Waals surface area contributed by atoms with Crippen LogP contribution in [0.3, 0.4) is 0 Å². The summed E-state index contributed by atoms with van der Waals surface area (Å²) in [6.07, 6.45) is 0. The van der Waals surface area contributed by atoms with Gasteiger partial charge in [-0.1, -0.05) is 0 Å². The maximum absolute atomic E-state index is 13.1. The molecule has 2 rings (SSSR count). The number of anilines is 3. The quantitative estimate of drug-likeness (QED) is 0.799. The van der Waals surface area contributed by atoms with Crippen molar-refractivity contribution in [3.63, 3.8) is 0 Å². The number of methoxy groups -OCH3 is 1. The molecule has 0 heterocycles. The summed E-state index contributed by atoms with van der Waals surface area (Å²) in [5.74, 6) is 0.443. The average Bonchev–Trinajstić information content (AvgIpc) is 2.35. The molecule has 17 heavy (non-hydrogen) atoms. The first kappa shape index (κ1) is 11.3. The van der Waals surface area contributed by atoms with Gasteiger partial charge in [-0.15, -0.1) is 0 Å². The standard InChI is InChI=1S/C13H13FN2O/c1-17-11-5-3-10(4-6-11)16-13-8-9(14)2-7-12(13)15/h2-8,16H,15H2,1H3. The van der Waals surface area contributed by atoms with E-state index < -0.39 is 0 Å². The van der Waals surface area contributed by atoms with Crippen molar-refractivity contribution in [1.29, 1.82) is 0 Å². The van der Waals surface area contributed by atoms with Gasteiger partial charge in [0.05, 0.1) is 18.5 Å². The van der Waals surface area contributed by atoms with Gasteiger partial charge in [-0.05, 0) is 42.5 Å². The normalized spacial score (nSPS) is 10.0. The second-order valence-corrected chi connectivity index (χ2v) is 3.59. The van der Waals surface area contributed by atoms with E-state index >= 15 is 0 Å². The maximum Gasteiger partial charge on any atom is 0.125 e. The molecule has 0 radical (unpaired) electrons. The molecule has 2 aromatic rings. The van der Waals surface area contributed by atoms with Gasteiger partial charge in [0.2, 0.25) is 0 Å². The molecule has 0 aliphatic carbocycles. The van der Waals surface area contributed by atoms with Gasteiger partial charge < -0.3 is 15.8 Å². The molecule has 3 nitrogen and oxygen atoms in total. The predicted octanol–water partition coefficient (Wildman–Crippen LogP) is 3.16. The Morgan fingerprint density at radius 1 is 1.12 bits per heavy atom. The van der Waals surface area contributed by atoms with Crippen molar-refractivity contribution < 1.29 is 9.13 Å². The van der Waals surface area contributed by atoms with E-state index in [-0.39, 0.29) is 5.82 Å². The minimum Gasteiger partial charge on any atom is -0.497 e. The number of benzene rings is 2. The molecule has 0 spiro atoms. The summed E-state index contributed by atoms with van der Waals surface area (Å²) in [5.41, 5.74) is 7.61. The van der Waals surface area contributed by atoms with Crippen molar-refractivity contribution in [3.05, 3.63) is 48.3 Å². The molecule has 0 aliphatic heterocycles. The van der Waals surface area contributed by atoms with Crippen LogP contribution in [0.5, 0.6) is 5.75 Å². The zero-order valence-electron chi connectivity index (χ0n) is 9.41. The molecule has 2 aromatic carbocycles. The van der Waals surface area contributed by atoms with E-state index in [0.29, 0.717) is 11.4 Å². The van der Waals surface area contributed by atoms with Crippen LogP contribution in [0.15, 0.2) is 42.5 Å². The first-order chi connectivity index (χ1) is 8.19. The summed E-state index contributed by atoms with van der Waals surface area (Å²) in [7, 11) is 1.60. The number of halogens is 1. The van der Waals surface area contributed by atoms with Crippen LogP contribution in [0.2, 0.25) is 0 Å². The van der Waals surface area contributed by atoms with Crippen LogP contribution < -0.4 is 15.8 Å². The van der Waals surface area contributed by atoms with Crippen LogP contribution in [-0.4, -0.2) is 7.11 Å². The number of nitrogens with one attached hydrogen (secondary N) is 1. The lowest BCUT2D eigenvalue weighted by molar-refractivity contribution is 0.415. The highest BCUT2D eigenvalue weighted by Gasteiger charge is 2.01. The summed E-state index contributed by atoms with van der Waals surface area (Å²) in [6, 6.07) is 11.5. The third-order valence-electron chi connectivity index (χ3n) is 2.38. The van der Waals surface area contributed by atoms with Gasteiger partial charge >= 0.3 is 0 Å². The maximum atomic E-state index is 13.1. The van der Waals surface area contributed by atoms with Gasteiger partial charge in [-0.2, -0.15) is 0 Å². The molecule has 0 amide bonds. The van der Waals surface area contributed by atoms with Crippen LogP contribution in [-0.2, 0) is 0 Å². The Hall–Kier alpha value is -2.23. The molecule has 88 valence electrons. The van der Waals surface area contributed by atoms with Crippen molar-refractivity contribution in [2.45, 2.75) is 0 Å². The Kier molecular flexibility index (Phi) is 3.14. The van der Waals surface area contributed by atoms with Gasteiger partial charge in [0.15, 0.2) is 0 Å². The van der Waals surface area contributed by atoms with Crippen molar-refractivity contribution >= 4 is 17.1 Å². The van der Waals surface area contributed by atoms with Crippen molar-refractivity contribution in [2.75, 3.05) is 18.2 Å². The van der Waals surface area contributed by atoms with E-state index in [0.717, 1.165) is 11.4 Å². The van der Waals surface area contributed by atoms with Crippen LogP contribution >= 0.6 is 0 Å². The molecule has 0 atom stereocenters. The third-order valence-corrected chi connectivity index (χ3v) is 2.38. The SMILES string of the molecule is COc1ccc(Nc2cc(F)ccc2N)cc1. The summed E-state index contributed by atoms with van der Waals surface area (Å²) in [6.45, 7) is 0. The molecular formula is C13H13FN2O. The van der Waals surface area contributed by atoms with E-state index in [2.05, 4.69) is 5.32 Å². The van der Waals surface area contributed by atoms with Crippen LogP contribution in [0, 0.1) is 5.82 Å². The fourth-order valence-electron chi connectivity index (χ4n) is 1.47. The van der Waals surface area contributed by atoms with Gasteiger partial charge in [0, 0.05) is 5.69 Å². The van der Waals surface area contributed by atoms with Crippen molar-refractivity contribution in [2.24, 2.45) is 0 Å². The van der Waals surface area contributed by atoms with Crippen molar-refractivity contribution in [1.82, 2.24) is 0 Å². The van der Waals surface area contributed by atoms with Gasteiger partial charge in [-0.25, -0.2) is 4.39 Å². The van der Waals surface area contributed by atoms with E-state index in [4.69, 9.17) is 10.5 Å². The van der Waals surface area contributed by atoms with E-state index in [1.54, 1.807) is 7.11 Å². The first-order valence-corrected chi connectivity index (χ1v) is 5.15. The Morgan fingerprint density at radius 3 is 2.47 bits per heavy atom. The molecule has 0 saturated heterocycles. The highest BCUT2D eigenvalue weighted by Crippen LogP contribution is 2.25. The number of ether oxygens (including phenoxy) is 1. The Labute approximate surface area is 99.0 Å². The molecule has 0 bridgehead atoms. The number of hydrogen-bond donors (Lipinski definition) is 2. The lowest BCUT2D eigenvalue weighted by atomic mass is 10.2. The molecule has 0 aliphatic rings. The van der Waals surface area contributed by atoms with Crippen molar-refractivity contribution in [3.8, 4) is 5.75 Å². The lowest BCUT2D eigenvalue weighted by Gasteiger charge is -2.09. The fourth-order valence-corrected chi connectivity index (χ4v) is 1.47. The fraction of sp³-hybridized carbons (Fsp3) is 0.0769. The zero-order valence-corrected chi connectivity index (χ0v) is 9.41. The molecule has 0 unspecified atom stereocenters.